The van der Waals surface area contributed by atoms with Gasteiger partial charge in [-0.3, -0.25) is 4.90 Å². The molecule has 1 saturated carbocycles. The summed E-state index contributed by atoms with van der Waals surface area (Å²) in [6.45, 7) is 6.42. The maximum atomic E-state index is 13.6. The third kappa shape index (κ3) is 6.81. The van der Waals surface area contributed by atoms with Crippen LogP contribution in [0.2, 0.25) is 0 Å². The molecule has 2 aromatic rings. The minimum Gasteiger partial charge on any atom is -0.389 e. The lowest BCUT2D eigenvalue weighted by atomic mass is 9.94. The number of hydrogen-bond donors (Lipinski definition) is 1. The number of ether oxygens (including phenoxy) is 1. The summed E-state index contributed by atoms with van der Waals surface area (Å²) >= 11 is 0. The zero-order valence-electron chi connectivity index (χ0n) is 17.2. The molecule has 1 fully saturated rings. The van der Waals surface area contributed by atoms with Crippen molar-refractivity contribution in [2.24, 2.45) is 0 Å². The first-order valence-electron chi connectivity index (χ1n) is 10.6. The molecule has 3 rings (SSSR count). The van der Waals surface area contributed by atoms with Crippen LogP contribution in [0.4, 0.5) is 4.39 Å². The summed E-state index contributed by atoms with van der Waals surface area (Å²) in [5.41, 5.74) is 2.13. The van der Waals surface area contributed by atoms with E-state index in [1.54, 1.807) is 18.2 Å². The molecule has 1 aliphatic rings. The van der Waals surface area contributed by atoms with Crippen molar-refractivity contribution in [2.45, 2.75) is 57.3 Å². The Hall–Kier alpha value is -1.95. The van der Waals surface area contributed by atoms with Crippen LogP contribution in [0.15, 0.2) is 55.3 Å². The van der Waals surface area contributed by atoms with Gasteiger partial charge in [-0.05, 0) is 42.7 Å². The molecular weight excluding hydrogens is 367 g/mol. The molecule has 0 radical (unpaired) electrons. The number of aromatic nitrogens is 1. The standard InChI is InChI=1S/C24H33FN2O2/c1-2-14-29-19-24(28)18-27(22-10-4-3-5-11-22)17-23-12-7-13-26(23)16-20-8-6-9-21(25)15-20/h2,6-9,12-13,15,22,24,28H,1,3-5,10-11,14,16-19H2. The molecule has 158 valence electrons. The Bertz CT molecular complexity index is 755. The predicted octanol–water partition coefficient (Wildman–Crippen LogP) is 4.37. The smallest absolute Gasteiger partial charge is 0.123 e. The van der Waals surface area contributed by atoms with E-state index in [4.69, 9.17) is 4.74 Å². The Morgan fingerprint density at radius 3 is 2.83 bits per heavy atom. The fourth-order valence-corrected chi connectivity index (χ4v) is 4.19. The van der Waals surface area contributed by atoms with Crippen molar-refractivity contribution >= 4 is 0 Å². The van der Waals surface area contributed by atoms with E-state index in [0.29, 0.717) is 32.3 Å². The van der Waals surface area contributed by atoms with Crippen LogP contribution in [0.1, 0.15) is 43.4 Å². The summed E-state index contributed by atoms with van der Waals surface area (Å²) in [4.78, 5) is 2.40. The average molecular weight is 401 g/mol. The largest absolute Gasteiger partial charge is 0.389 e. The van der Waals surface area contributed by atoms with E-state index in [2.05, 4.69) is 22.1 Å². The highest BCUT2D eigenvalue weighted by molar-refractivity contribution is 5.19. The topological polar surface area (TPSA) is 37.6 Å². The monoisotopic (exact) mass is 400 g/mol. The van der Waals surface area contributed by atoms with Crippen LogP contribution in [-0.4, -0.2) is 46.5 Å². The summed E-state index contributed by atoms with van der Waals surface area (Å²) < 4.78 is 21.2. The van der Waals surface area contributed by atoms with E-state index in [1.807, 2.05) is 18.3 Å². The second-order valence-electron chi connectivity index (χ2n) is 7.96. The zero-order valence-corrected chi connectivity index (χ0v) is 17.2. The Morgan fingerprint density at radius 2 is 2.07 bits per heavy atom. The highest BCUT2D eigenvalue weighted by atomic mass is 19.1. The SMILES string of the molecule is C=CCOCC(O)CN(Cc1cccn1Cc1cccc(F)c1)C1CCCCC1. The molecular formula is C24H33FN2O2. The van der Waals surface area contributed by atoms with E-state index in [0.717, 1.165) is 12.1 Å². The van der Waals surface area contributed by atoms with Crippen LogP contribution in [0, 0.1) is 5.82 Å². The number of aliphatic hydroxyl groups is 1. The second kappa shape index (κ2) is 11.3. The van der Waals surface area contributed by atoms with Gasteiger partial charge in [0, 0.05) is 37.6 Å². The number of hydrogen-bond acceptors (Lipinski definition) is 3. The van der Waals surface area contributed by atoms with Gasteiger partial charge in [0.05, 0.1) is 19.3 Å². The van der Waals surface area contributed by atoms with Crippen LogP contribution >= 0.6 is 0 Å². The van der Waals surface area contributed by atoms with E-state index in [-0.39, 0.29) is 5.82 Å². The lowest BCUT2D eigenvalue weighted by molar-refractivity contribution is 0.00891. The summed E-state index contributed by atoms with van der Waals surface area (Å²) in [7, 11) is 0. The fraction of sp³-hybridized carbons (Fsp3) is 0.500. The Labute approximate surface area is 173 Å². The fourth-order valence-electron chi connectivity index (χ4n) is 4.19. The van der Waals surface area contributed by atoms with E-state index in [1.165, 1.54) is 43.9 Å². The van der Waals surface area contributed by atoms with Gasteiger partial charge in [0.2, 0.25) is 0 Å². The Morgan fingerprint density at radius 1 is 1.24 bits per heavy atom. The van der Waals surface area contributed by atoms with Crippen molar-refractivity contribution in [3.8, 4) is 0 Å². The van der Waals surface area contributed by atoms with Gasteiger partial charge in [0.15, 0.2) is 0 Å². The van der Waals surface area contributed by atoms with Crippen molar-refractivity contribution in [1.29, 1.82) is 0 Å². The van der Waals surface area contributed by atoms with Crippen LogP contribution in [0.25, 0.3) is 0 Å². The summed E-state index contributed by atoms with van der Waals surface area (Å²) in [5.74, 6) is -0.206. The van der Waals surface area contributed by atoms with Gasteiger partial charge < -0.3 is 14.4 Å². The predicted molar refractivity (Wildman–Crippen MR) is 114 cm³/mol. The van der Waals surface area contributed by atoms with Gasteiger partial charge in [-0.25, -0.2) is 4.39 Å². The molecule has 0 spiro atoms. The summed E-state index contributed by atoms with van der Waals surface area (Å²) in [6.07, 6.45) is 9.35. The number of aliphatic hydroxyl groups excluding tert-OH is 1. The lowest BCUT2D eigenvalue weighted by Crippen LogP contribution is -2.42. The highest BCUT2D eigenvalue weighted by Crippen LogP contribution is 2.25. The maximum Gasteiger partial charge on any atom is 0.123 e. The minimum absolute atomic E-state index is 0.206. The molecule has 1 atom stereocenters. The molecule has 0 amide bonds. The second-order valence-corrected chi connectivity index (χ2v) is 7.96. The number of nitrogens with zero attached hydrogens (tertiary/aromatic N) is 2. The van der Waals surface area contributed by atoms with Gasteiger partial charge >= 0.3 is 0 Å². The maximum absolute atomic E-state index is 13.6. The van der Waals surface area contributed by atoms with E-state index < -0.39 is 6.10 Å². The van der Waals surface area contributed by atoms with Gasteiger partial charge in [0.25, 0.3) is 0 Å². The molecule has 1 aliphatic carbocycles. The first kappa shape index (κ1) is 21.8. The van der Waals surface area contributed by atoms with Crippen molar-refractivity contribution in [1.82, 2.24) is 9.47 Å². The average Bonchev–Trinajstić information content (AvgIpc) is 3.15. The van der Waals surface area contributed by atoms with Gasteiger partial charge in [-0.15, -0.1) is 6.58 Å². The molecule has 1 N–H and O–H groups in total. The first-order valence-corrected chi connectivity index (χ1v) is 10.6. The van der Waals surface area contributed by atoms with Crippen LogP contribution in [-0.2, 0) is 17.8 Å². The molecule has 5 heteroatoms. The van der Waals surface area contributed by atoms with Gasteiger partial charge in [-0.2, -0.15) is 0 Å². The van der Waals surface area contributed by atoms with Crippen molar-refractivity contribution in [2.75, 3.05) is 19.8 Å². The van der Waals surface area contributed by atoms with Gasteiger partial charge in [-0.1, -0.05) is 37.5 Å². The molecule has 1 aromatic carbocycles. The zero-order chi connectivity index (χ0) is 20.5. The van der Waals surface area contributed by atoms with Crippen molar-refractivity contribution in [3.05, 3.63) is 72.3 Å². The number of halogens is 1. The van der Waals surface area contributed by atoms with Crippen molar-refractivity contribution in [3.63, 3.8) is 0 Å². The highest BCUT2D eigenvalue weighted by Gasteiger charge is 2.24. The molecule has 0 aliphatic heterocycles. The van der Waals surface area contributed by atoms with Crippen LogP contribution in [0.3, 0.4) is 0 Å². The molecule has 29 heavy (non-hydrogen) atoms. The molecule has 1 unspecified atom stereocenters. The quantitative estimate of drug-likeness (QED) is 0.449. The molecule has 0 bridgehead atoms. The molecule has 1 heterocycles. The van der Waals surface area contributed by atoms with Crippen LogP contribution in [0.5, 0.6) is 0 Å². The first-order chi connectivity index (χ1) is 14.2. The van der Waals surface area contributed by atoms with Crippen molar-refractivity contribution < 1.29 is 14.2 Å². The summed E-state index contributed by atoms with van der Waals surface area (Å²) in [6, 6.07) is 11.4. The Kier molecular flexibility index (Phi) is 8.47. The van der Waals surface area contributed by atoms with E-state index in [9.17, 15) is 9.50 Å². The molecule has 1 aromatic heterocycles. The molecule has 4 nitrogen and oxygen atoms in total. The number of benzene rings is 1. The third-order valence-electron chi connectivity index (χ3n) is 5.61. The summed E-state index contributed by atoms with van der Waals surface area (Å²) in [5, 5.41) is 10.5. The number of rotatable bonds is 11. The Balaban J connectivity index is 1.68. The third-order valence-corrected chi connectivity index (χ3v) is 5.61. The molecule has 0 saturated heterocycles. The normalized spacial score (nSPS) is 16.2. The van der Waals surface area contributed by atoms with Gasteiger partial charge in [0.1, 0.15) is 5.82 Å². The minimum atomic E-state index is -0.525. The lowest BCUT2D eigenvalue weighted by Gasteiger charge is -2.35. The van der Waals surface area contributed by atoms with E-state index >= 15 is 0 Å². The van der Waals surface area contributed by atoms with Crippen LogP contribution < -0.4 is 0 Å².